The maximum atomic E-state index is 13.1. The number of nitrogens with one attached hydrogen (secondary N) is 3. The molecule has 0 saturated carbocycles. The number of rotatable bonds is 6. The third-order valence-electron chi connectivity index (χ3n) is 4.39. The largest absolute Gasteiger partial charge is 0.495 e. The van der Waals surface area contributed by atoms with Crippen molar-refractivity contribution in [3.05, 3.63) is 65.4 Å². The zero-order chi connectivity index (χ0) is 20.8. The Hall–Kier alpha value is -3.99. The Bertz CT molecular complexity index is 992. The minimum Gasteiger partial charge on any atom is -0.495 e. The molecule has 0 radical (unpaired) electrons. The number of benzene rings is 2. The molecule has 0 saturated heterocycles. The molecule has 0 spiro atoms. The second kappa shape index (κ2) is 8.80. The van der Waals surface area contributed by atoms with Crippen molar-refractivity contribution in [2.45, 2.75) is 13.0 Å². The van der Waals surface area contributed by atoms with Crippen LogP contribution in [0.25, 0.3) is 0 Å². The lowest BCUT2D eigenvalue weighted by Crippen LogP contribution is -2.45. The van der Waals surface area contributed by atoms with Crippen LogP contribution in [0.5, 0.6) is 11.5 Å². The molecule has 0 aliphatic carbocycles. The Labute approximate surface area is 168 Å². The first-order chi connectivity index (χ1) is 14.0. The standard InChI is InChI=1S/C21H20N4O4/c1-13-18(20(26)24-16-5-3-4-6-17(16)28-2)19(25-21(27)23-13)14-7-9-15(10-8-14)29-12-11-22/h3-10,19H,12H2,1-2H3,(H,24,26)(H2,23,25,27)/t19-/m0/s1. The van der Waals surface area contributed by atoms with Crippen LogP contribution in [0.4, 0.5) is 10.5 Å². The molecule has 8 heteroatoms. The van der Waals surface area contributed by atoms with Gasteiger partial charge in [-0.2, -0.15) is 5.26 Å². The predicted molar refractivity (Wildman–Crippen MR) is 106 cm³/mol. The summed E-state index contributed by atoms with van der Waals surface area (Å²) in [6.45, 7) is 1.61. The number of anilines is 1. The van der Waals surface area contributed by atoms with Gasteiger partial charge in [-0.15, -0.1) is 0 Å². The molecule has 0 bridgehead atoms. The quantitative estimate of drug-likeness (QED) is 0.700. The fraction of sp³-hybridized carbons (Fsp3) is 0.190. The molecule has 0 aromatic heterocycles. The van der Waals surface area contributed by atoms with Gasteiger partial charge in [-0.3, -0.25) is 4.79 Å². The smallest absolute Gasteiger partial charge is 0.319 e. The van der Waals surface area contributed by atoms with Crippen molar-refractivity contribution >= 4 is 17.6 Å². The summed E-state index contributed by atoms with van der Waals surface area (Å²) in [4.78, 5) is 25.1. The molecule has 8 nitrogen and oxygen atoms in total. The Kier molecular flexibility index (Phi) is 6.00. The highest BCUT2D eigenvalue weighted by molar-refractivity contribution is 6.07. The topological polar surface area (TPSA) is 112 Å². The Morgan fingerprint density at radius 2 is 1.93 bits per heavy atom. The molecular formula is C21H20N4O4. The molecule has 3 rings (SSSR count). The third-order valence-corrected chi connectivity index (χ3v) is 4.39. The van der Waals surface area contributed by atoms with Crippen LogP contribution in [0, 0.1) is 11.3 Å². The molecule has 1 aliphatic heterocycles. The van der Waals surface area contributed by atoms with E-state index in [1.807, 2.05) is 6.07 Å². The van der Waals surface area contributed by atoms with Crippen molar-refractivity contribution in [1.82, 2.24) is 10.6 Å². The van der Waals surface area contributed by atoms with Gasteiger partial charge < -0.3 is 25.4 Å². The molecule has 29 heavy (non-hydrogen) atoms. The van der Waals surface area contributed by atoms with Crippen LogP contribution in [-0.4, -0.2) is 25.7 Å². The number of methoxy groups -OCH3 is 1. The summed E-state index contributed by atoms with van der Waals surface area (Å²) >= 11 is 0. The van der Waals surface area contributed by atoms with E-state index in [1.54, 1.807) is 55.5 Å². The van der Waals surface area contributed by atoms with Crippen LogP contribution in [0.3, 0.4) is 0 Å². The van der Waals surface area contributed by atoms with Gasteiger partial charge in [0.25, 0.3) is 5.91 Å². The van der Waals surface area contributed by atoms with Crippen molar-refractivity contribution in [3.8, 4) is 17.6 Å². The zero-order valence-electron chi connectivity index (χ0n) is 16.0. The van der Waals surface area contributed by atoms with E-state index in [-0.39, 0.29) is 12.5 Å². The SMILES string of the molecule is COc1ccccc1NC(=O)C1=C(C)NC(=O)N[C@H]1c1ccc(OCC#N)cc1. The second-order valence-corrected chi connectivity index (χ2v) is 6.24. The van der Waals surface area contributed by atoms with Crippen LogP contribution in [0.2, 0.25) is 0 Å². The Morgan fingerprint density at radius 3 is 2.62 bits per heavy atom. The molecule has 1 atom stereocenters. The predicted octanol–water partition coefficient (Wildman–Crippen LogP) is 2.86. The second-order valence-electron chi connectivity index (χ2n) is 6.24. The summed E-state index contributed by atoms with van der Waals surface area (Å²) in [5, 5.41) is 16.9. The summed E-state index contributed by atoms with van der Waals surface area (Å²) < 4.78 is 10.5. The minimum atomic E-state index is -0.650. The minimum absolute atomic E-state index is 0.0605. The highest BCUT2D eigenvalue weighted by Gasteiger charge is 2.31. The van der Waals surface area contributed by atoms with Crippen LogP contribution >= 0.6 is 0 Å². The Morgan fingerprint density at radius 1 is 1.21 bits per heavy atom. The summed E-state index contributed by atoms with van der Waals surface area (Å²) in [7, 11) is 1.52. The monoisotopic (exact) mass is 392 g/mol. The van der Waals surface area contributed by atoms with Gasteiger partial charge in [0.15, 0.2) is 6.61 Å². The first-order valence-corrected chi connectivity index (χ1v) is 8.86. The number of nitriles is 1. The first-order valence-electron chi connectivity index (χ1n) is 8.86. The highest BCUT2D eigenvalue weighted by atomic mass is 16.5. The van der Waals surface area contributed by atoms with Crippen LogP contribution in [-0.2, 0) is 4.79 Å². The average Bonchev–Trinajstić information content (AvgIpc) is 2.72. The molecule has 3 amide bonds. The normalized spacial score (nSPS) is 15.6. The van der Waals surface area contributed by atoms with E-state index in [0.29, 0.717) is 34.0 Å². The van der Waals surface area contributed by atoms with Gasteiger partial charge in [0.2, 0.25) is 0 Å². The molecule has 1 aliphatic rings. The van der Waals surface area contributed by atoms with Crippen molar-refractivity contribution in [2.75, 3.05) is 19.0 Å². The molecule has 148 valence electrons. The molecule has 2 aromatic carbocycles. The molecule has 0 fully saturated rings. The summed E-state index contributed by atoms with van der Waals surface area (Å²) in [6, 6.07) is 14.8. The summed E-state index contributed by atoms with van der Waals surface area (Å²) in [5.41, 5.74) is 2.06. The van der Waals surface area contributed by atoms with E-state index in [2.05, 4.69) is 16.0 Å². The number of para-hydroxylation sites is 2. The lowest BCUT2D eigenvalue weighted by molar-refractivity contribution is -0.113. The number of hydrogen-bond donors (Lipinski definition) is 3. The van der Waals surface area contributed by atoms with Crippen LogP contribution < -0.4 is 25.4 Å². The van der Waals surface area contributed by atoms with E-state index >= 15 is 0 Å². The number of amides is 3. The van der Waals surface area contributed by atoms with Gasteiger partial charge >= 0.3 is 6.03 Å². The third kappa shape index (κ3) is 4.47. The van der Waals surface area contributed by atoms with Gasteiger partial charge in [-0.05, 0) is 36.8 Å². The Balaban J connectivity index is 1.89. The molecule has 0 unspecified atom stereocenters. The number of urea groups is 1. The highest BCUT2D eigenvalue weighted by Crippen LogP contribution is 2.30. The van der Waals surface area contributed by atoms with Crippen LogP contribution in [0.15, 0.2) is 59.8 Å². The first kappa shape index (κ1) is 19.8. The van der Waals surface area contributed by atoms with Gasteiger partial charge in [0.1, 0.15) is 17.6 Å². The van der Waals surface area contributed by atoms with Gasteiger partial charge in [-0.1, -0.05) is 24.3 Å². The number of ether oxygens (including phenoxy) is 2. The molecule has 3 N–H and O–H groups in total. The number of carbonyl (C=O) groups is 2. The van der Waals surface area contributed by atoms with Crippen molar-refractivity contribution in [1.29, 1.82) is 5.26 Å². The van der Waals surface area contributed by atoms with E-state index in [9.17, 15) is 9.59 Å². The number of allylic oxidation sites excluding steroid dienone is 1. The summed E-state index contributed by atoms with van der Waals surface area (Å²) in [6.07, 6.45) is 0. The lowest BCUT2D eigenvalue weighted by atomic mass is 9.94. The maximum Gasteiger partial charge on any atom is 0.319 e. The lowest BCUT2D eigenvalue weighted by Gasteiger charge is -2.29. The molecular weight excluding hydrogens is 372 g/mol. The van der Waals surface area contributed by atoms with Crippen molar-refractivity contribution < 1.29 is 19.1 Å². The fourth-order valence-corrected chi connectivity index (χ4v) is 3.05. The molecule has 2 aromatic rings. The van der Waals surface area contributed by atoms with Crippen molar-refractivity contribution in [2.24, 2.45) is 0 Å². The van der Waals surface area contributed by atoms with E-state index in [0.717, 1.165) is 0 Å². The zero-order valence-corrected chi connectivity index (χ0v) is 16.0. The van der Waals surface area contributed by atoms with E-state index < -0.39 is 12.1 Å². The van der Waals surface area contributed by atoms with Crippen molar-refractivity contribution in [3.63, 3.8) is 0 Å². The maximum absolute atomic E-state index is 13.1. The molecule has 1 heterocycles. The van der Waals surface area contributed by atoms with Gasteiger partial charge in [0, 0.05) is 5.70 Å². The number of nitrogens with zero attached hydrogens (tertiary/aromatic N) is 1. The fourth-order valence-electron chi connectivity index (χ4n) is 3.05. The summed E-state index contributed by atoms with van der Waals surface area (Å²) in [5.74, 6) is 0.688. The van der Waals surface area contributed by atoms with Crippen LogP contribution in [0.1, 0.15) is 18.5 Å². The van der Waals surface area contributed by atoms with E-state index in [4.69, 9.17) is 14.7 Å². The van der Waals surface area contributed by atoms with Gasteiger partial charge in [0.05, 0.1) is 24.4 Å². The number of hydrogen-bond acceptors (Lipinski definition) is 5. The van der Waals surface area contributed by atoms with E-state index in [1.165, 1.54) is 7.11 Å². The van der Waals surface area contributed by atoms with Gasteiger partial charge in [-0.25, -0.2) is 4.79 Å². The number of carbonyl (C=O) groups excluding carboxylic acids is 2. The average molecular weight is 392 g/mol.